The molecular weight excluding hydrogens is 276 g/mol. The molecular formula is C13H18N4O2S. The number of nitrogens with zero attached hydrogens (tertiary/aromatic N) is 3. The summed E-state index contributed by atoms with van der Waals surface area (Å²) >= 11 is 1.42. The summed E-state index contributed by atoms with van der Waals surface area (Å²) in [5, 5.41) is 16.2. The van der Waals surface area contributed by atoms with Gasteiger partial charge in [0.05, 0.1) is 5.69 Å². The summed E-state index contributed by atoms with van der Waals surface area (Å²) in [5.41, 5.74) is 1.04. The highest BCUT2D eigenvalue weighted by molar-refractivity contribution is 7.15. The summed E-state index contributed by atoms with van der Waals surface area (Å²) in [7, 11) is 0. The number of carbonyl (C=O) groups excluding carboxylic acids is 1. The highest BCUT2D eigenvalue weighted by Crippen LogP contribution is 2.28. The van der Waals surface area contributed by atoms with Gasteiger partial charge < -0.3 is 4.52 Å². The van der Waals surface area contributed by atoms with E-state index in [9.17, 15) is 4.79 Å². The number of amides is 1. The van der Waals surface area contributed by atoms with Crippen molar-refractivity contribution in [3.8, 4) is 0 Å². The predicted octanol–water partition coefficient (Wildman–Crippen LogP) is 3.30. The molecule has 0 atom stereocenters. The molecule has 108 valence electrons. The predicted molar refractivity (Wildman–Crippen MR) is 77.2 cm³/mol. The summed E-state index contributed by atoms with van der Waals surface area (Å²) < 4.78 is 4.99. The molecule has 0 fully saturated rings. The maximum atomic E-state index is 12.2. The van der Waals surface area contributed by atoms with Gasteiger partial charge in [0.15, 0.2) is 0 Å². The first kappa shape index (κ1) is 14.6. The molecule has 0 saturated heterocycles. The Kier molecular flexibility index (Phi) is 4.49. The molecule has 0 saturated carbocycles. The number of carbonyl (C=O) groups is 1. The third kappa shape index (κ3) is 2.87. The Balaban J connectivity index is 2.13. The van der Waals surface area contributed by atoms with Crippen LogP contribution in [-0.4, -0.2) is 21.3 Å². The van der Waals surface area contributed by atoms with Crippen molar-refractivity contribution >= 4 is 22.4 Å². The van der Waals surface area contributed by atoms with Crippen LogP contribution < -0.4 is 5.32 Å². The van der Waals surface area contributed by atoms with E-state index in [0.717, 1.165) is 17.8 Å². The van der Waals surface area contributed by atoms with Crippen LogP contribution in [0.25, 0.3) is 0 Å². The van der Waals surface area contributed by atoms with Crippen molar-refractivity contribution in [3.05, 3.63) is 22.0 Å². The Labute approximate surface area is 121 Å². The molecule has 0 aliphatic rings. The monoisotopic (exact) mass is 294 g/mol. The number of aromatic nitrogens is 3. The van der Waals surface area contributed by atoms with Crippen molar-refractivity contribution in [2.75, 3.05) is 5.32 Å². The average Bonchev–Trinajstić information content (AvgIpc) is 2.99. The van der Waals surface area contributed by atoms with E-state index in [-0.39, 0.29) is 5.91 Å². The molecule has 2 rings (SSSR count). The summed E-state index contributed by atoms with van der Waals surface area (Å²) in [6.45, 7) is 7.70. The largest absolute Gasteiger partial charge is 0.361 e. The van der Waals surface area contributed by atoms with E-state index in [1.807, 2.05) is 0 Å². The van der Waals surface area contributed by atoms with E-state index in [1.54, 1.807) is 13.8 Å². The lowest BCUT2D eigenvalue weighted by atomic mass is 10.1. The van der Waals surface area contributed by atoms with Crippen molar-refractivity contribution < 1.29 is 9.32 Å². The third-order valence-electron chi connectivity index (χ3n) is 3.26. The van der Waals surface area contributed by atoms with Gasteiger partial charge in [0.1, 0.15) is 16.3 Å². The van der Waals surface area contributed by atoms with Crippen molar-refractivity contribution in [2.24, 2.45) is 0 Å². The number of hydrogen-bond donors (Lipinski definition) is 1. The zero-order chi connectivity index (χ0) is 14.7. The Hall–Kier alpha value is -1.76. The van der Waals surface area contributed by atoms with E-state index < -0.39 is 0 Å². The van der Waals surface area contributed by atoms with E-state index in [0.29, 0.717) is 28.1 Å². The molecule has 0 unspecified atom stereocenters. The van der Waals surface area contributed by atoms with Gasteiger partial charge in [0.2, 0.25) is 5.13 Å². The highest BCUT2D eigenvalue weighted by Gasteiger charge is 2.20. The van der Waals surface area contributed by atoms with Crippen LogP contribution in [0.1, 0.15) is 59.4 Å². The molecule has 0 spiro atoms. The number of hydrogen-bond acceptors (Lipinski definition) is 6. The minimum absolute atomic E-state index is 0.256. The minimum atomic E-state index is -0.256. The van der Waals surface area contributed by atoms with Crippen LogP contribution in [-0.2, 0) is 0 Å². The fourth-order valence-corrected chi connectivity index (χ4v) is 3.06. The molecule has 0 aliphatic heterocycles. The summed E-state index contributed by atoms with van der Waals surface area (Å²) in [4.78, 5) is 12.2. The maximum Gasteiger partial charge on any atom is 0.263 e. The van der Waals surface area contributed by atoms with Gasteiger partial charge in [-0.05, 0) is 26.7 Å². The Morgan fingerprint density at radius 2 is 2.00 bits per heavy atom. The second-order valence-electron chi connectivity index (χ2n) is 4.61. The van der Waals surface area contributed by atoms with E-state index in [2.05, 4.69) is 34.5 Å². The fourth-order valence-electron chi connectivity index (χ4n) is 2.05. The summed E-state index contributed by atoms with van der Waals surface area (Å²) in [5.74, 6) is 0.649. The smallest absolute Gasteiger partial charge is 0.263 e. The molecule has 20 heavy (non-hydrogen) atoms. The van der Waals surface area contributed by atoms with Gasteiger partial charge in [-0.3, -0.25) is 10.1 Å². The van der Waals surface area contributed by atoms with Crippen LogP contribution in [0.15, 0.2) is 4.52 Å². The third-order valence-corrected chi connectivity index (χ3v) is 4.26. The lowest BCUT2D eigenvalue weighted by Crippen LogP contribution is -2.13. The first-order chi connectivity index (χ1) is 9.56. The molecule has 7 heteroatoms. The lowest BCUT2D eigenvalue weighted by molar-refractivity contribution is 0.102. The van der Waals surface area contributed by atoms with Gasteiger partial charge in [-0.1, -0.05) is 30.3 Å². The fraction of sp³-hybridized carbons (Fsp3) is 0.538. The lowest BCUT2D eigenvalue weighted by Gasteiger charge is -2.05. The quantitative estimate of drug-likeness (QED) is 0.915. The van der Waals surface area contributed by atoms with Crippen LogP contribution in [0.4, 0.5) is 5.13 Å². The molecule has 1 amide bonds. The molecule has 2 heterocycles. The minimum Gasteiger partial charge on any atom is -0.361 e. The van der Waals surface area contributed by atoms with Crippen molar-refractivity contribution in [1.82, 2.24) is 15.4 Å². The number of anilines is 1. The maximum absolute atomic E-state index is 12.2. The van der Waals surface area contributed by atoms with Crippen LogP contribution in [0.3, 0.4) is 0 Å². The van der Waals surface area contributed by atoms with E-state index in [4.69, 9.17) is 4.52 Å². The van der Waals surface area contributed by atoms with Crippen molar-refractivity contribution in [2.45, 2.75) is 46.5 Å². The number of rotatable bonds is 5. The van der Waals surface area contributed by atoms with Crippen LogP contribution in [0.5, 0.6) is 0 Å². The molecule has 1 N–H and O–H groups in total. The molecule has 6 nitrogen and oxygen atoms in total. The standard InChI is InChI=1S/C13H18N4O2S/c1-5-9(6-2)12-15-16-13(20-12)14-11(18)10-7(3)17-19-8(10)4/h9H,5-6H2,1-4H3,(H,14,16,18). The zero-order valence-electron chi connectivity index (χ0n) is 12.1. The summed E-state index contributed by atoms with van der Waals surface area (Å²) in [6, 6.07) is 0. The van der Waals surface area contributed by atoms with Crippen LogP contribution in [0, 0.1) is 13.8 Å². The van der Waals surface area contributed by atoms with Gasteiger partial charge in [0.25, 0.3) is 5.91 Å². The van der Waals surface area contributed by atoms with Crippen LogP contribution >= 0.6 is 11.3 Å². The topological polar surface area (TPSA) is 80.9 Å². The molecule has 0 aromatic carbocycles. The molecule has 0 aliphatic carbocycles. The summed E-state index contributed by atoms with van der Waals surface area (Å²) in [6.07, 6.45) is 2.03. The van der Waals surface area contributed by atoms with E-state index >= 15 is 0 Å². The molecule has 2 aromatic heterocycles. The number of aryl methyl sites for hydroxylation is 2. The highest BCUT2D eigenvalue weighted by atomic mass is 32.1. The SMILES string of the molecule is CCC(CC)c1nnc(NC(=O)c2c(C)noc2C)s1. The number of nitrogens with one attached hydrogen (secondary N) is 1. The first-order valence-corrected chi connectivity index (χ1v) is 7.46. The van der Waals surface area contributed by atoms with Gasteiger partial charge in [-0.2, -0.15) is 0 Å². The first-order valence-electron chi connectivity index (χ1n) is 6.64. The normalized spacial score (nSPS) is 11.1. The second kappa shape index (κ2) is 6.13. The zero-order valence-corrected chi connectivity index (χ0v) is 12.9. The second-order valence-corrected chi connectivity index (χ2v) is 5.62. The van der Waals surface area contributed by atoms with Gasteiger partial charge in [0, 0.05) is 5.92 Å². The Bertz CT molecular complexity index is 582. The van der Waals surface area contributed by atoms with Crippen molar-refractivity contribution in [1.29, 1.82) is 0 Å². The Morgan fingerprint density at radius 3 is 2.55 bits per heavy atom. The van der Waals surface area contributed by atoms with Crippen molar-refractivity contribution in [3.63, 3.8) is 0 Å². The molecule has 0 radical (unpaired) electrons. The van der Waals surface area contributed by atoms with Gasteiger partial charge in [-0.25, -0.2) is 0 Å². The average molecular weight is 294 g/mol. The van der Waals surface area contributed by atoms with Gasteiger partial charge in [-0.15, -0.1) is 10.2 Å². The van der Waals surface area contributed by atoms with Gasteiger partial charge >= 0.3 is 0 Å². The van der Waals surface area contributed by atoms with Crippen LogP contribution in [0.2, 0.25) is 0 Å². The molecule has 2 aromatic rings. The van der Waals surface area contributed by atoms with E-state index in [1.165, 1.54) is 11.3 Å². The molecule has 0 bridgehead atoms. The Morgan fingerprint density at radius 1 is 1.30 bits per heavy atom.